The van der Waals surface area contributed by atoms with Gasteiger partial charge in [-0.25, -0.2) is 0 Å². The molecule has 2 aromatic carbocycles. The molecule has 0 bridgehead atoms. The number of carbonyl (C=O) groups excluding carboxylic acids is 2. The zero-order chi connectivity index (χ0) is 20.1. The summed E-state index contributed by atoms with van der Waals surface area (Å²) in [4.78, 5) is 28.5. The average molecular weight is 419 g/mol. The summed E-state index contributed by atoms with van der Waals surface area (Å²) in [6, 6.07) is 12.2. The van der Waals surface area contributed by atoms with Crippen LogP contribution in [0.25, 0.3) is 6.08 Å². The largest absolute Gasteiger partial charge is 0.497 e. The number of nitrogens with zero attached hydrogens (tertiary/aromatic N) is 2. The Labute approximate surface area is 174 Å². The molecule has 0 unspecified atom stereocenters. The Morgan fingerprint density at radius 3 is 2.43 bits per heavy atom. The minimum atomic E-state index is -0.121. The van der Waals surface area contributed by atoms with Crippen LogP contribution < -0.4 is 4.74 Å². The topological polar surface area (TPSA) is 49.9 Å². The lowest BCUT2D eigenvalue weighted by Crippen LogP contribution is -2.50. The molecule has 0 aliphatic carbocycles. The molecule has 146 valence electrons. The van der Waals surface area contributed by atoms with Gasteiger partial charge >= 0.3 is 0 Å². The van der Waals surface area contributed by atoms with Gasteiger partial charge in [-0.3, -0.25) is 9.59 Å². The maximum atomic E-state index is 12.7. The third kappa shape index (κ3) is 4.86. The van der Waals surface area contributed by atoms with E-state index in [2.05, 4.69) is 0 Å². The van der Waals surface area contributed by atoms with E-state index in [9.17, 15) is 9.59 Å². The fourth-order valence-corrected chi connectivity index (χ4v) is 3.34. The van der Waals surface area contributed by atoms with Gasteiger partial charge < -0.3 is 14.5 Å². The second-order valence-electron chi connectivity index (χ2n) is 6.35. The van der Waals surface area contributed by atoms with E-state index in [-0.39, 0.29) is 11.8 Å². The van der Waals surface area contributed by atoms with E-state index in [1.165, 1.54) is 6.08 Å². The summed E-state index contributed by atoms with van der Waals surface area (Å²) < 4.78 is 5.17. The molecule has 0 N–H and O–H groups in total. The molecule has 1 heterocycles. The van der Waals surface area contributed by atoms with E-state index in [0.717, 1.165) is 0 Å². The van der Waals surface area contributed by atoms with E-state index >= 15 is 0 Å². The minimum absolute atomic E-state index is 0.0627. The number of rotatable bonds is 4. The van der Waals surface area contributed by atoms with Crippen molar-refractivity contribution in [1.29, 1.82) is 0 Å². The third-order valence-corrected chi connectivity index (χ3v) is 5.14. The predicted molar refractivity (Wildman–Crippen MR) is 111 cm³/mol. The molecule has 7 heteroatoms. The average Bonchev–Trinajstić information content (AvgIpc) is 2.73. The number of halogens is 2. The van der Waals surface area contributed by atoms with Gasteiger partial charge in [0.05, 0.1) is 7.11 Å². The van der Waals surface area contributed by atoms with Crippen LogP contribution in [0, 0.1) is 0 Å². The van der Waals surface area contributed by atoms with Crippen LogP contribution >= 0.6 is 23.2 Å². The Kier molecular flexibility index (Phi) is 6.60. The standard InChI is InChI=1S/C21H20Cl2N2O3/c1-28-18-4-2-3-16(14-18)21(27)25-11-9-24(10-12-25)20(26)8-5-15-13-17(22)6-7-19(15)23/h2-8,13-14H,9-12H2,1H3/b8-5+. The number of hydrogen-bond donors (Lipinski definition) is 0. The van der Waals surface area contributed by atoms with Crippen LogP contribution in [-0.4, -0.2) is 54.9 Å². The highest BCUT2D eigenvalue weighted by Gasteiger charge is 2.24. The second-order valence-corrected chi connectivity index (χ2v) is 7.19. The van der Waals surface area contributed by atoms with Crippen LogP contribution in [0.4, 0.5) is 0 Å². The first kappa shape index (κ1) is 20.2. The molecule has 5 nitrogen and oxygen atoms in total. The van der Waals surface area contributed by atoms with Crippen molar-refractivity contribution in [3.05, 3.63) is 69.7 Å². The first-order valence-corrected chi connectivity index (χ1v) is 9.59. The maximum Gasteiger partial charge on any atom is 0.254 e. The van der Waals surface area contributed by atoms with Gasteiger partial charge in [0.25, 0.3) is 5.91 Å². The molecule has 0 aromatic heterocycles. The lowest BCUT2D eigenvalue weighted by atomic mass is 10.1. The molecule has 2 amide bonds. The highest BCUT2D eigenvalue weighted by Crippen LogP contribution is 2.22. The fourth-order valence-electron chi connectivity index (χ4n) is 2.98. The number of amides is 2. The lowest BCUT2D eigenvalue weighted by Gasteiger charge is -2.34. The van der Waals surface area contributed by atoms with Crippen LogP contribution in [0.1, 0.15) is 15.9 Å². The van der Waals surface area contributed by atoms with Crippen LogP contribution in [0.2, 0.25) is 10.0 Å². The highest BCUT2D eigenvalue weighted by atomic mass is 35.5. The minimum Gasteiger partial charge on any atom is -0.497 e. The van der Waals surface area contributed by atoms with Gasteiger partial charge in [-0.2, -0.15) is 0 Å². The van der Waals surface area contributed by atoms with E-state index in [1.807, 2.05) is 0 Å². The zero-order valence-electron chi connectivity index (χ0n) is 15.4. The molecule has 1 aliphatic heterocycles. The van der Waals surface area contributed by atoms with E-state index in [0.29, 0.717) is 53.1 Å². The number of carbonyl (C=O) groups is 2. The van der Waals surface area contributed by atoms with Gasteiger partial charge in [0.2, 0.25) is 5.91 Å². The summed E-state index contributed by atoms with van der Waals surface area (Å²) in [6.45, 7) is 1.91. The molecule has 1 fully saturated rings. The highest BCUT2D eigenvalue weighted by molar-refractivity contribution is 6.34. The lowest BCUT2D eigenvalue weighted by molar-refractivity contribution is -0.127. The second kappa shape index (κ2) is 9.13. The number of hydrogen-bond acceptors (Lipinski definition) is 3. The molecule has 0 spiro atoms. The number of methoxy groups -OCH3 is 1. The van der Waals surface area contributed by atoms with E-state index in [1.54, 1.807) is 65.5 Å². The van der Waals surface area contributed by atoms with Crippen LogP contribution in [-0.2, 0) is 4.79 Å². The Bertz CT molecular complexity index is 906. The van der Waals surface area contributed by atoms with Gasteiger partial charge in [0, 0.05) is 47.9 Å². The monoisotopic (exact) mass is 418 g/mol. The molecule has 2 aromatic rings. The van der Waals surface area contributed by atoms with Crippen molar-refractivity contribution in [2.24, 2.45) is 0 Å². The SMILES string of the molecule is COc1cccc(C(=O)N2CCN(C(=O)/C=C/c3cc(Cl)ccc3Cl)CC2)c1. The molecular formula is C21H20Cl2N2O3. The van der Waals surface area contributed by atoms with Crippen molar-refractivity contribution < 1.29 is 14.3 Å². The molecule has 0 saturated carbocycles. The number of ether oxygens (including phenoxy) is 1. The summed E-state index contributed by atoms with van der Waals surface area (Å²) >= 11 is 12.1. The number of piperazine rings is 1. The first-order valence-electron chi connectivity index (χ1n) is 8.83. The van der Waals surface area contributed by atoms with Crippen LogP contribution in [0.3, 0.4) is 0 Å². The third-order valence-electron chi connectivity index (χ3n) is 4.56. The predicted octanol–water partition coefficient (Wildman–Crippen LogP) is 4.00. The van der Waals surface area contributed by atoms with Gasteiger partial charge in [0.15, 0.2) is 0 Å². The normalized spacial score (nSPS) is 14.4. The molecule has 1 aliphatic rings. The quantitative estimate of drug-likeness (QED) is 0.704. The first-order chi connectivity index (χ1) is 13.5. The Balaban J connectivity index is 1.58. The van der Waals surface area contributed by atoms with Crippen LogP contribution in [0.5, 0.6) is 5.75 Å². The summed E-state index contributed by atoms with van der Waals surface area (Å²) in [5.41, 5.74) is 1.27. The zero-order valence-corrected chi connectivity index (χ0v) is 16.9. The Hall–Kier alpha value is -2.50. The van der Waals surface area contributed by atoms with Crippen molar-refractivity contribution >= 4 is 41.1 Å². The molecule has 0 radical (unpaired) electrons. The van der Waals surface area contributed by atoms with Gasteiger partial charge in [-0.15, -0.1) is 0 Å². The molecular weight excluding hydrogens is 399 g/mol. The van der Waals surface area contributed by atoms with E-state index < -0.39 is 0 Å². The van der Waals surface area contributed by atoms with Crippen molar-refractivity contribution in [2.75, 3.05) is 33.3 Å². The summed E-state index contributed by atoms with van der Waals surface area (Å²) in [5.74, 6) is 0.459. The Morgan fingerprint density at radius 1 is 1.00 bits per heavy atom. The number of benzene rings is 2. The van der Waals surface area contributed by atoms with E-state index in [4.69, 9.17) is 27.9 Å². The summed E-state index contributed by atoms with van der Waals surface area (Å²) in [6.07, 6.45) is 3.14. The summed E-state index contributed by atoms with van der Waals surface area (Å²) in [5, 5.41) is 1.09. The van der Waals surface area contributed by atoms with Gasteiger partial charge in [-0.05, 0) is 48.0 Å². The molecule has 0 atom stereocenters. The summed E-state index contributed by atoms with van der Waals surface area (Å²) in [7, 11) is 1.57. The van der Waals surface area contributed by atoms with Gasteiger partial charge in [0.1, 0.15) is 5.75 Å². The molecule has 3 rings (SSSR count). The Morgan fingerprint density at radius 2 is 1.71 bits per heavy atom. The van der Waals surface area contributed by atoms with Crippen molar-refractivity contribution in [3.63, 3.8) is 0 Å². The fraction of sp³-hybridized carbons (Fsp3) is 0.238. The smallest absolute Gasteiger partial charge is 0.254 e. The van der Waals surface area contributed by atoms with Crippen molar-refractivity contribution in [2.45, 2.75) is 0 Å². The molecule has 1 saturated heterocycles. The maximum absolute atomic E-state index is 12.7. The van der Waals surface area contributed by atoms with Crippen LogP contribution in [0.15, 0.2) is 48.5 Å². The molecule has 28 heavy (non-hydrogen) atoms. The van der Waals surface area contributed by atoms with Crippen molar-refractivity contribution in [1.82, 2.24) is 9.80 Å². The van der Waals surface area contributed by atoms with Crippen molar-refractivity contribution in [3.8, 4) is 5.75 Å². The van der Waals surface area contributed by atoms with Gasteiger partial charge in [-0.1, -0.05) is 29.3 Å².